The van der Waals surface area contributed by atoms with Crippen molar-refractivity contribution in [2.75, 3.05) is 17.2 Å². The van der Waals surface area contributed by atoms with Crippen molar-refractivity contribution in [3.05, 3.63) is 52.8 Å². The lowest BCUT2D eigenvalue weighted by atomic mass is 9.97. The molecule has 1 aliphatic rings. The van der Waals surface area contributed by atoms with Crippen LogP contribution in [0.4, 0.5) is 11.4 Å². The van der Waals surface area contributed by atoms with Crippen molar-refractivity contribution in [3.8, 4) is 0 Å². The predicted octanol–water partition coefficient (Wildman–Crippen LogP) is 3.58. The van der Waals surface area contributed by atoms with E-state index >= 15 is 0 Å². The maximum absolute atomic E-state index is 12.3. The Balaban J connectivity index is 1.71. The van der Waals surface area contributed by atoms with Crippen LogP contribution in [0.15, 0.2) is 36.5 Å². The van der Waals surface area contributed by atoms with Crippen molar-refractivity contribution >= 4 is 28.9 Å². The number of nitrogens with one attached hydrogen (secondary N) is 2. The molecule has 4 nitrogen and oxygen atoms in total. The normalized spacial score (nSPS) is 16.2. The summed E-state index contributed by atoms with van der Waals surface area (Å²) in [6, 6.07) is 9.92. The van der Waals surface area contributed by atoms with Gasteiger partial charge < -0.3 is 10.6 Å². The van der Waals surface area contributed by atoms with Gasteiger partial charge in [-0.05, 0) is 30.2 Å². The largest absolute Gasteiger partial charge is 0.384 e. The van der Waals surface area contributed by atoms with Crippen LogP contribution in [-0.4, -0.2) is 17.4 Å². The highest BCUT2D eigenvalue weighted by Gasteiger charge is 2.24. The molecule has 0 radical (unpaired) electrons. The zero-order chi connectivity index (χ0) is 14.8. The second-order valence-corrected chi connectivity index (χ2v) is 5.57. The number of hydrogen-bond acceptors (Lipinski definition) is 3. The maximum atomic E-state index is 12.3. The summed E-state index contributed by atoms with van der Waals surface area (Å²) in [5.41, 5.74) is 3.82. The Labute approximate surface area is 128 Å². The molecule has 0 saturated heterocycles. The highest BCUT2D eigenvalue weighted by molar-refractivity contribution is 6.32. The van der Waals surface area contributed by atoms with Gasteiger partial charge in [0.2, 0.25) is 5.91 Å². The molecule has 2 aromatic rings. The van der Waals surface area contributed by atoms with E-state index in [0.717, 1.165) is 17.8 Å². The molecule has 0 fully saturated rings. The Morgan fingerprint density at radius 3 is 3.05 bits per heavy atom. The number of hydrogen-bond donors (Lipinski definition) is 2. The molecule has 21 heavy (non-hydrogen) atoms. The Morgan fingerprint density at radius 1 is 1.43 bits per heavy atom. The Bertz CT molecular complexity index is 667. The fourth-order valence-electron chi connectivity index (χ4n) is 2.63. The molecule has 1 atom stereocenters. The van der Waals surface area contributed by atoms with Gasteiger partial charge in [-0.25, -0.2) is 4.98 Å². The third-order valence-corrected chi connectivity index (χ3v) is 4.04. The number of para-hydroxylation sites is 1. The number of benzene rings is 1. The second-order valence-electron chi connectivity index (χ2n) is 5.21. The third kappa shape index (κ3) is 2.85. The van der Waals surface area contributed by atoms with E-state index in [-0.39, 0.29) is 11.8 Å². The second kappa shape index (κ2) is 5.74. The Hall–Kier alpha value is -2.07. The van der Waals surface area contributed by atoms with Crippen LogP contribution < -0.4 is 10.6 Å². The van der Waals surface area contributed by atoms with Gasteiger partial charge in [0.05, 0.1) is 5.69 Å². The van der Waals surface area contributed by atoms with Gasteiger partial charge in [-0.2, -0.15) is 0 Å². The summed E-state index contributed by atoms with van der Waals surface area (Å²) >= 11 is 6.03. The molecule has 0 saturated carbocycles. The van der Waals surface area contributed by atoms with E-state index in [2.05, 4.69) is 21.7 Å². The highest BCUT2D eigenvalue weighted by atomic mass is 35.5. The van der Waals surface area contributed by atoms with E-state index in [4.69, 9.17) is 11.6 Å². The highest BCUT2D eigenvalue weighted by Crippen LogP contribution is 2.33. The minimum Gasteiger partial charge on any atom is -0.384 e. The van der Waals surface area contributed by atoms with Gasteiger partial charge in [-0.1, -0.05) is 29.8 Å². The molecular weight excluding hydrogens is 286 g/mol. The number of carbonyl (C=O) groups is 1. The first-order valence-electron chi connectivity index (χ1n) is 6.89. The molecule has 2 N–H and O–H groups in total. The SMILES string of the molecule is Cc1ccnc(Cl)c1NC(=O)CC1CNc2ccccc21. The number of aromatic nitrogens is 1. The molecule has 2 heterocycles. The fraction of sp³-hybridized carbons (Fsp3) is 0.250. The topological polar surface area (TPSA) is 54.0 Å². The van der Waals surface area contributed by atoms with Gasteiger partial charge in [0.25, 0.3) is 0 Å². The smallest absolute Gasteiger partial charge is 0.225 e. The van der Waals surface area contributed by atoms with Crippen molar-refractivity contribution < 1.29 is 4.79 Å². The number of anilines is 2. The van der Waals surface area contributed by atoms with Crippen molar-refractivity contribution in [2.24, 2.45) is 0 Å². The third-order valence-electron chi connectivity index (χ3n) is 3.75. The van der Waals surface area contributed by atoms with Gasteiger partial charge in [0.15, 0.2) is 5.15 Å². The molecule has 1 aromatic carbocycles. The molecule has 0 bridgehead atoms. The minimum absolute atomic E-state index is 0.0449. The maximum Gasteiger partial charge on any atom is 0.225 e. The number of halogens is 1. The summed E-state index contributed by atoms with van der Waals surface area (Å²) < 4.78 is 0. The first-order valence-corrected chi connectivity index (χ1v) is 7.26. The molecular formula is C16H16ClN3O. The molecule has 1 aromatic heterocycles. The molecule has 5 heteroatoms. The number of carbonyl (C=O) groups excluding carboxylic acids is 1. The number of nitrogens with zero attached hydrogens (tertiary/aromatic N) is 1. The molecule has 1 amide bonds. The van der Waals surface area contributed by atoms with E-state index < -0.39 is 0 Å². The standard InChI is InChI=1S/C16H16ClN3O/c1-10-6-7-18-16(17)15(10)20-14(21)8-11-9-19-13-5-3-2-4-12(11)13/h2-7,11,19H,8-9H2,1H3,(H,20,21). The average molecular weight is 302 g/mol. The van der Waals surface area contributed by atoms with E-state index in [0.29, 0.717) is 17.3 Å². The average Bonchev–Trinajstić information content (AvgIpc) is 2.87. The number of aryl methyl sites for hydroxylation is 1. The predicted molar refractivity (Wildman–Crippen MR) is 84.9 cm³/mol. The van der Waals surface area contributed by atoms with Crippen LogP contribution in [0.25, 0.3) is 0 Å². The first kappa shape index (κ1) is 13.9. The number of rotatable bonds is 3. The fourth-order valence-corrected chi connectivity index (χ4v) is 2.88. The molecule has 0 spiro atoms. The summed E-state index contributed by atoms with van der Waals surface area (Å²) in [5, 5.41) is 6.53. The van der Waals surface area contributed by atoms with Crippen molar-refractivity contribution in [2.45, 2.75) is 19.3 Å². The van der Waals surface area contributed by atoms with Crippen LogP contribution in [0.3, 0.4) is 0 Å². The first-order chi connectivity index (χ1) is 10.1. The summed E-state index contributed by atoms with van der Waals surface area (Å²) in [4.78, 5) is 16.3. The van der Waals surface area contributed by atoms with Crippen molar-refractivity contribution in [1.29, 1.82) is 0 Å². The minimum atomic E-state index is -0.0449. The summed E-state index contributed by atoms with van der Waals surface area (Å²) in [6.45, 7) is 2.68. The molecule has 1 unspecified atom stereocenters. The van der Waals surface area contributed by atoms with Gasteiger partial charge in [-0.3, -0.25) is 4.79 Å². The lowest BCUT2D eigenvalue weighted by molar-refractivity contribution is -0.116. The Morgan fingerprint density at radius 2 is 2.24 bits per heavy atom. The monoisotopic (exact) mass is 301 g/mol. The van der Waals surface area contributed by atoms with Crippen molar-refractivity contribution in [3.63, 3.8) is 0 Å². The lowest BCUT2D eigenvalue weighted by Crippen LogP contribution is -2.17. The van der Waals surface area contributed by atoms with E-state index in [1.54, 1.807) is 6.20 Å². The summed E-state index contributed by atoms with van der Waals surface area (Å²) in [7, 11) is 0. The van der Waals surface area contributed by atoms with Crippen LogP contribution >= 0.6 is 11.6 Å². The number of fused-ring (bicyclic) bond motifs is 1. The summed E-state index contributed by atoms with van der Waals surface area (Å²) in [6.07, 6.45) is 2.05. The quantitative estimate of drug-likeness (QED) is 0.852. The van der Waals surface area contributed by atoms with E-state index in [9.17, 15) is 4.79 Å². The number of pyridine rings is 1. The number of amides is 1. The van der Waals surface area contributed by atoms with Crippen LogP contribution in [0.2, 0.25) is 5.15 Å². The van der Waals surface area contributed by atoms with Crippen LogP contribution in [0.1, 0.15) is 23.5 Å². The van der Waals surface area contributed by atoms with Crippen LogP contribution in [-0.2, 0) is 4.79 Å². The zero-order valence-electron chi connectivity index (χ0n) is 11.7. The molecule has 108 valence electrons. The Kier molecular flexibility index (Phi) is 3.80. The summed E-state index contributed by atoms with van der Waals surface area (Å²) in [5.74, 6) is 0.147. The van der Waals surface area contributed by atoms with Gasteiger partial charge in [0.1, 0.15) is 0 Å². The molecule has 0 aliphatic carbocycles. The van der Waals surface area contributed by atoms with Gasteiger partial charge in [-0.15, -0.1) is 0 Å². The van der Waals surface area contributed by atoms with E-state index in [1.165, 1.54) is 5.56 Å². The van der Waals surface area contributed by atoms with Crippen LogP contribution in [0, 0.1) is 6.92 Å². The molecule has 1 aliphatic heterocycles. The lowest BCUT2D eigenvalue weighted by Gasteiger charge is -2.12. The van der Waals surface area contributed by atoms with E-state index in [1.807, 2.05) is 31.2 Å². The van der Waals surface area contributed by atoms with Crippen LogP contribution in [0.5, 0.6) is 0 Å². The molecule has 3 rings (SSSR count). The van der Waals surface area contributed by atoms with Crippen molar-refractivity contribution in [1.82, 2.24) is 4.98 Å². The zero-order valence-corrected chi connectivity index (χ0v) is 12.4. The van der Waals surface area contributed by atoms with Gasteiger partial charge >= 0.3 is 0 Å². The van der Waals surface area contributed by atoms with Gasteiger partial charge in [0, 0.05) is 30.8 Å².